The van der Waals surface area contributed by atoms with Gasteiger partial charge < -0.3 is 15.3 Å². The summed E-state index contributed by atoms with van der Waals surface area (Å²) in [5.41, 5.74) is 1.03. The molecule has 2 amide bonds. The number of aliphatic hydroxyl groups is 1. The van der Waals surface area contributed by atoms with E-state index in [1.807, 2.05) is 30.3 Å². The summed E-state index contributed by atoms with van der Waals surface area (Å²) >= 11 is 3.41. The number of hydrogen-bond acceptors (Lipinski definition) is 3. The topological polar surface area (TPSA) is 55.8 Å². The van der Waals surface area contributed by atoms with E-state index in [0.717, 1.165) is 23.1 Å². The summed E-state index contributed by atoms with van der Waals surface area (Å²) < 4.78 is 1.01. The zero-order valence-electron chi connectivity index (χ0n) is 11.8. The number of urea groups is 1. The number of hydrogen-bond donors (Lipinski definition) is 2. The highest BCUT2D eigenvalue weighted by Crippen LogP contribution is 2.12. The molecule has 2 N–H and O–H groups in total. The number of piperazine rings is 1. The van der Waals surface area contributed by atoms with Crippen LogP contribution in [-0.2, 0) is 0 Å². The van der Waals surface area contributed by atoms with E-state index in [4.69, 9.17) is 5.11 Å². The highest BCUT2D eigenvalue weighted by molar-refractivity contribution is 9.10. The molecule has 1 aromatic rings. The van der Waals surface area contributed by atoms with Crippen molar-refractivity contribution >= 4 is 28.0 Å². The molecule has 1 aliphatic rings. The minimum atomic E-state index is -0.0788. The molecule has 0 bridgehead atoms. The van der Waals surface area contributed by atoms with E-state index in [0.29, 0.717) is 19.6 Å². The van der Waals surface area contributed by atoms with Crippen molar-refractivity contribution in [2.45, 2.75) is 0 Å². The normalized spacial score (nSPS) is 16.4. The number of nitrogens with one attached hydrogen (secondary N) is 1. The van der Waals surface area contributed by atoms with Gasteiger partial charge in [-0.2, -0.15) is 0 Å². The van der Waals surface area contributed by atoms with Crippen LogP contribution in [0.4, 0.5) is 4.79 Å². The van der Waals surface area contributed by atoms with Crippen LogP contribution in [0.1, 0.15) is 5.56 Å². The van der Waals surface area contributed by atoms with Crippen LogP contribution in [0.15, 0.2) is 34.9 Å². The second kappa shape index (κ2) is 8.17. The number of aliphatic hydroxyl groups excluding tert-OH is 1. The third-order valence-corrected chi connectivity index (χ3v) is 3.90. The van der Waals surface area contributed by atoms with Gasteiger partial charge in [0.05, 0.1) is 6.61 Å². The molecule has 1 saturated heterocycles. The van der Waals surface area contributed by atoms with E-state index < -0.39 is 0 Å². The van der Waals surface area contributed by atoms with Gasteiger partial charge in [0, 0.05) is 43.4 Å². The molecule has 0 aromatic heterocycles. The number of amides is 2. The fourth-order valence-electron chi connectivity index (χ4n) is 2.23. The van der Waals surface area contributed by atoms with Gasteiger partial charge in [-0.15, -0.1) is 0 Å². The Morgan fingerprint density at radius 2 is 2.10 bits per heavy atom. The van der Waals surface area contributed by atoms with Gasteiger partial charge in [-0.3, -0.25) is 4.90 Å². The van der Waals surface area contributed by atoms with Crippen molar-refractivity contribution in [2.75, 3.05) is 39.3 Å². The molecule has 0 aliphatic carbocycles. The second-order valence-electron chi connectivity index (χ2n) is 4.89. The standard InChI is InChI=1S/C15H20BrN3O2/c16-14-3-1-2-13(12-14)4-5-17-15(21)19-8-6-18(7-9-19)10-11-20/h1-5,12,20H,6-11H2,(H,17,21)/b5-4+. The average molecular weight is 354 g/mol. The summed E-state index contributed by atoms with van der Waals surface area (Å²) in [7, 11) is 0. The first-order valence-corrected chi connectivity index (χ1v) is 7.79. The van der Waals surface area contributed by atoms with Crippen molar-refractivity contribution in [1.29, 1.82) is 0 Å². The Balaban J connectivity index is 1.77. The Labute approximate surface area is 133 Å². The van der Waals surface area contributed by atoms with Gasteiger partial charge in [-0.1, -0.05) is 28.1 Å². The van der Waals surface area contributed by atoms with Gasteiger partial charge >= 0.3 is 6.03 Å². The largest absolute Gasteiger partial charge is 0.395 e. The van der Waals surface area contributed by atoms with Gasteiger partial charge in [0.2, 0.25) is 0 Å². The Morgan fingerprint density at radius 1 is 1.33 bits per heavy atom. The van der Waals surface area contributed by atoms with Crippen LogP contribution >= 0.6 is 15.9 Å². The number of benzene rings is 1. The molecule has 0 spiro atoms. The number of nitrogens with zero attached hydrogens (tertiary/aromatic N) is 2. The van der Waals surface area contributed by atoms with Crippen LogP contribution in [0.5, 0.6) is 0 Å². The van der Waals surface area contributed by atoms with Crippen LogP contribution in [0, 0.1) is 0 Å². The molecule has 1 aliphatic heterocycles. The van der Waals surface area contributed by atoms with E-state index in [1.165, 1.54) is 0 Å². The molecule has 0 saturated carbocycles. The summed E-state index contributed by atoms with van der Waals surface area (Å²) in [4.78, 5) is 16.0. The van der Waals surface area contributed by atoms with Crippen LogP contribution in [-0.4, -0.2) is 60.3 Å². The number of carbonyl (C=O) groups is 1. The molecule has 1 heterocycles. The van der Waals surface area contributed by atoms with Gasteiger partial charge in [-0.25, -0.2) is 4.79 Å². The number of halogens is 1. The first kappa shape index (κ1) is 16.0. The van der Waals surface area contributed by atoms with Crippen LogP contribution in [0.2, 0.25) is 0 Å². The van der Waals surface area contributed by atoms with Crippen LogP contribution < -0.4 is 5.32 Å². The van der Waals surface area contributed by atoms with Crippen molar-refractivity contribution in [3.8, 4) is 0 Å². The summed E-state index contributed by atoms with van der Waals surface area (Å²) in [5, 5.41) is 11.7. The Hall–Kier alpha value is -1.37. The average Bonchev–Trinajstić information content (AvgIpc) is 2.48. The van der Waals surface area contributed by atoms with Crippen LogP contribution in [0.25, 0.3) is 6.08 Å². The maximum Gasteiger partial charge on any atom is 0.321 e. The monoisotopic (exact) mass is 353 g/mol. The molecule has 114 valence electrons. The fraction of sp³-hybridized carbons (Fsp3) is 0.400. The molecule has 2 rings (SSSR count). The van der Waals surface area contributed by atoms with E-state index >= 15 is 0 Å². The minimum absolute atomic E-state index is 0.0788. The van der Waals surface area contributed by atoms with Gasteiger partial charge in [0.15, 0.2) is 0 Å². The second-order valence-corrected chi connectivity index (χ2v) is 5.81. The van der Waals surface area contributed by atoms with E-state index in [-0.39, 0.29) is 12.6 Å². The molecule has 5 nitrogen and oxygen atoms in total. The first-order valence-electron chi connectivity index (χ1n) is 7.00. The molecule has 21 heavy (non-hydrogen) atoms. The van der Waals surface area contributed by atoms with Crippen molar-refractivity contribution in [3.05, 3.63) is 40.5 Å². The summed E-state index contributed by atoms with van der Waals surface area (Å²) in [6.45, 7) is 3.85. The van der Waals surface area contributed by atoms with Gasteiger partial charge in [-0.05, 0) is 23.8 Å². The van der Waals surface area contributed by atoms with Crippen molar-refractivity contribution in [3.63, 3.8) is 0 Å². The third-order valence-electron chi connectivity index (χ3n) is 3.41. The molecule has 6 heteroatoms. The van der Waals surface area contributed by atoms with E-state index in [9.17, 15) is 4.79 Å². The molecule has 0 atom stereocenters. The fourth-order valence-corrected chi connectivity index (χ4v) is 2.64. The van der Waals surface area contributed by atoms with Crippen molar-refractivity contribution < 1.29 is 9.90 Å². The predicted octanol–water partition coefficient (Wildman–Crippen LogP) is 1.74. The quantitative estimate of drug-likeness (QED) is 0.866. The smallest absolute Gasteiger partial charge is 0.321 e. The summed E-state index contributed by atoms with van der Waals surface area (Å²) in [6.07, 6.45) is 3.54. The summed E-state index contributed by atoms with van der Waals surface area (Å²) in [6, 6.07) is 7.79. The zero-order chi connectivity index (χ0) is 15.1. The molecular formula is C15H20BrN3O2. The third kappa shape index (κ3) is 5.15. The Bertz CT molecular complexity index is 499. The Kier molecular flexibility index (Phi) is 6.22. The molecule has 1 aromatic carbocycles. The number of rotatable bonds is 4. The lowest BCUT2D eigenvalue weighted by Gasteiger charge is -2.33. The highest BCUT2D eigenvalue weighted by atomic mass is 79.9. The molecule has 0 radical (unpaired) electrons. The maximum absolute atomic E-state index is 12.0. The highest BCUT2D eigenvalue weighted by Gasteiger charge is 2.19. The van der Waals surface area contributed by atoms with Gasteiger partial charge in [0.1, 0.15) is 0 Å². The van der Waals surface area contributed by atoms with Crippen molar-refractivity contribution in [1.82, 2.24) is 15.1 Å². The van der Waals surface area contributed by atoms with Crippen molar-refractivity contribution in [2.24, 2.45) is 0 Å². The summed E-state index contributed by atoms with van der Waals surface area (Å²) in [5.74, 6) is 0. The maximum atomic E-state index is 12.0. The minimum Gasteiger partial charge on any atom is -0.395 e. The predicted molar refractivity (Wildman–Crippen MR) is 86.8 cm³/mol. The zero-order valence-corrected chi connectivity index (χ0v) is 13.4. The lowest BCUT2D eigenvalue weighted by atomic mass is 10.2. The lowest BCUT2D eigenvalue weighted by Crippen LogP contribution is -2.51. The first-order chi connectivity index (χ1) is 10.2. The lowest BCUT2D eigenvalue weighted by molar-refractivity contribution is 0.123. The van der Waals surface area contributed by atoms with E-state index in [2.05, 4.69) is 26.1 Å². The molecule has 1 fully saturated rings. The molecule has 0 unspecified atom stereocenters. The van der Waals surface area contributed by atoms with E-state index in [1.54, 1.807) is 11.1 Å². The SMILES string of the molecule is O=C(N/C=C/c1cccc(Br)c1)N1CCN(CCO)CC1. The van der Waals surface area contributed by atoms with Gasteiger partial charge in [0.25, 0.3) is 0 Å². The number of carbonyl (C=O) groups excluding carboxylic acids is 1. The molecular weight excluding hydrogens is 334 g/mol. The Morgan fingerprint density at radius 3 is 2.76 bits per heavy atom. The van der Waals surface area contributed by atoms with Crippen LogP contribution in [0.3, 0.4) is 0 Å². The number of β-amino-alcohol motifs (C(OH)–C–C–N with tert-alkyl or cyclic N) is 1.